The van der Waals surface area contributed by atoms with Gasteiger partial charge in [-0.2, -0.15) is 0 Å². The first-order valence-electron chi connectivity index (χ1n) is 27.0. The third kappa shape index (κ3) is 29.2. The molecule has 0 radical (unpaired) electrons. The molecule has 22 N–H and O–H groups in total. The maximum absolute atomic E-state index is 13.7. The number of hydrogen-bond donors (Lipinski definition) is 20. The second-order valence-electron chi connectivity index (χ2n) is 20.9. The van der Waals surface area contributed by atoms with E-state index in [1.807, 2.05) is 10.6 Å². The zero-order chi connectivity index (χ0) is 66.5. The van der Waals surface area contributed by atoms with Gasteiger partial charge in [0.2, 0.25) is 65.0 Å². The highest BCUT2D eigenvalue weighted by Crippen LogP contribution is 2.11. The number of carboxylic acids is 5. The molecule has 0 aromatic rings. The van der Waals surface area contributed by atoms with E-state index in [1.165, 1.54) is 41.5 Å². The van der Waals surface area contributed by atoms with E-state index in [9.17, 15) is 102 Å². The molecule has 12 atom stereocenters. The average molecular weight is 1230 g/mol. The Hall–Kier alpha value is -8.64. The Morgan fingerprint density at radius 2 is 0.698 bits per heavy atom. The summed E-state index contributed by atoms with van der Waals surface area (Å²) in [4.78, 5) is 203. The van der Waals surface area contributed by atoms with Crippen molar-refractivity contribution in [3.8, 4) is 0 Å². The summed E-state index contributed by atoms with van der Waals surface area (Å²) in [5, 5.41) is 91.5. The first kappa shape index (κ1) is 77.4. The fraction of sp³-hybridized carbons (Fsp3) is 0.680. The monoisotopic (exact) mass is 1230 g/mol. The molecule has 11 amide bonds. The van der Waals surface area contributed by atoms with Gasteiger partial charge < -0.3 is 106 Å². The van der Waals surface area contributed by atoms with Gasteiger partial charge in [-0.3, -0.25) is 71.9 Å². The maximum atomic E-state index is 13.7. The number of carboxylic acid groups (broad SMARTS) is 5. The Labute approximate surface area is 492 Å². The molecule has 0 heterocycles. The highest BCUT2D eigenvalue weighted by atomic mass is 16.4. The summed E-state index contributed by atoms with van der Waals surface area (Å²) in [6, 6.07) is -16.9. The predicted octanol–water partition coefficient (Wildman–Crippen LogP) is -7.86. The lowest BCUT2D eigenvalue weighted by Crippen LogP contribution is -2.61. The van der Waals surface area contributed by atoms with Crippen LogP contribution in [0.1, 0.15) is 107 Å². The number of carbonyl (C=O) groups excluding carboxylic acids is 11. The fourth-order valence-corrected chi connectivity index (χ4v) is 7.59. The molecule has 0 aliphatic heterocycles. The Morgan fingerprint density at radius 3 is 1.07 bits per heavy atom. The van der Waals surface area contributed by atoms with Crippen LogP contribution in [0.15, 0.2) is 0 Å². The zero-order valence-electron chi connectivity index (χ0n) is 48.8. The summed E-state index contributed by atoms with van der Waals surface area (Å²) in [5.74, 6) is -22.3. The molecule has 36 nitrogen and oxygen atoms in total. The quantitative estimate of drug-likeness (QED) is 0.0253. The van der Waals surface area contributed by atoms with Crippen LogP contribution in [-0.4, -0.2) is 223 Å². The molecule has 0 fully saturated rings. The average Bonchev–Trinajstić information content (AvgIpc) is 3.59. The summed E-state index contributed by atoms with van der Waals surface area (Å²) in [7, 11) is 0. The summed E-state index contributed by atoms with van der Waals surface area (Å²) in [6.07, 6.45) is -7.25. The number of hydrogen-bond acceptors (Lipinski definition) is 20. The fourth-order valence-electron chi connectivity index (χ4n) is 7.59. The van der Waals surface area contributed by atoms with Gasteiger partial charge in [0.15, 0.2) is 0 Å². The molecule has 486 valence electrons. The molecule has 0 spiro atoms. The van der Waals surface area contributed by atoms with E-state index in [0.29, 0.717) is 6.42 Å². The number of aliphatic hydroxyl groups is 2. The van der Waals surface area contributed by atoms with E-state index in [1.54, 1.807) is 0 Å². The second-order valence-corrected chi connectivity index (χ2v) is 20.9. The molecule has 86 heavy (non-hydrogen) atoms. The minimum atomic E-state index is -1.95. The number of rotatable bonds is 41. The van der Waals surface area contributed by atoms with Gasteiger partial charge in [0.1, 0.15) is 54.4 Å². The summed E-state index contributed by atoms with van der Waals surface area (Å²) in [6.45, 7) is 9.35. The zero-order valence-corrected chi connectivity index (χ0v) is 48.8. The van der Waals surface area contributed by atoms with Crippen molar-refractivity contribution < 1.29 is 112 Å². The van der Waals surface area contributed by atoms with Crippen LogP contribution in [0.3, 0.4) is 0 Å². The van der Waals surface area contributed by atoms with Crippen molar-refractivity contribution in [2.24, 2.45) is 29.2 Å². The van der Waals surface area contributed by atoms with Gasteiger partial charge in [0, 0.05) is 6.42 Å². The van der Waals surface area contributed by atoms with Crippen LogP contribution in [0.5, 0.6) is 0 Å². The molecular formula is C50H83N13O23. The van der Waals surface area contributed by atoms with Crippen LogP contribution < -0.4 is 70.0 Å². The van der Waals surface area contributed by atoms with E-state index in [2.05, 4.69) is 47.9 Å². The van der Waals surface area contributed by atoms with Crippen molar-refractivity contribution in [2.75, 3.05) is 19.6 Å². The molecule has 0 aromatic heterocycles. The standard InChI is InChI=1S/C50H83N13O23/c1-20(2)36(60-47(82)38(22(5)6)59-44(79)28(16-34(72)73)57-41(76)25(52)15-33(70)71)45(80)54-19-31(67)56-27(12-13-32(68)69)43(78)63-40(24(8)65)49(84)61-37(21(3)4)46(81)53-18-30(66)55-26(11-9-10-14-51)42(77)62-39(23(7)64)48(83)58-29(50(85)86)17-35(74)75/h20-29,36-40,64-65H,9-19,51-52H2,1-8H3,(H,53,81)(H,54,80)(H,55,66)(H,56,67)(H,57,76)(H,58,83)(H,59,79)(H,60,82)(H,61,84)(H,62,77)(H,63,78)(H,68,69)(H,70,71)(H,72,73)(H,74,75)(H,85,86)/t23-,24-,25+,26+,27+,28+,29+,36+,37+,38+,39+,40+/m1/s1. The van der Waals surface area contributed by atoms with Gasteiger partial charge in [0.25, 0.3) is 0 Å². The van der Waals surface area contributed by atoms with Crippen molar-refractivity contribution in [3.05, 3.63) is 0 Å². The molecule has 0 unspecified atom stereocenters. The number of nitrogens with one attached hydrogen (secondary N) is 11. The van der Waals surface area contributed by atoms with Crippen molar-refractivity contribution >= 4 is 94.8 Å². The largest absolute Gasteiger partial charge is 0.481 e. The number of carbonyl (C=O) groups is 16. The lowest BCUT2D eigenvalue weighted by atomic mass is 9.99. The van der Waals surface area contributed by atoms with Gasteiger partial charge in [-0.05, 0) is 63.8 Å². The van der Waals surface area contributed by atoms with Gasteiger partial charge in [-0.15, -0.1) is 0 Å². The van der Waals surface area contributed by atoms with Gasteiger partial charge in [-0.25, -0.2) is 4.79 Å². The topological polar surface area (TPSA) is 599 Å². The molecule has 36 heteroatoms. The Bertz CT molecular complexity index is 2440. The molecular weight excluding hydrogens is 1150 g/mol. The lowest BCUT2D eigenvalue weighted by molar-refractivity contribution is -0.148. The highest BCUT2D eigenvalue weighted by Gasteiger charge is 2.38. The van der Waals surface area contributed by atoms with Crippen LogP contribution in [0.4, 0.5) is 0 Å². The van der Waals surface area contributed by atoms with Crippen molar-refractivity contribution in [1.29, 1.82) is 0 Å². The smallest absolute Gasteiger partial charge is 0.326 e. The van der Waals surface area contributed by atoms with Crippen LogP contribution in [-0.2, 0) is 76.7 Å². The van der Waals surface area contributed by atoms with Crippen LogP contribution >= 0.6 is 0 Å². The maximum Gasteiger partial charge on any atom is 0.326 e. The minimum Gasteiger partial charge on any atom is -0.481 e. The van der Waals surface area contributed by atoms with Crippen molar-refractivity contribution in [3.63, 3.8) is 0 Å². The predicted molar refractivity (Wildman–Crippen MR) is 293 cm³/mol. The van der Waals surface area contributed by atoms with E-state index < -0.39 is 230 Å². The van der Waals surface area contributed by atoms with E-state index >= 15 is 0 Å². The lowest BCUT2D eigenvalue weighted by Gasteiger charge is -2.28. The van der Waals surface area contributed by atoms with Crippen LogP contribution in [0.25, 0.3) is 0 Å². The molecule has 0 aliphatic rings. The highest BCUT2D eigenvalue weighted by molar-refractivity contribution is 5.99. The minimum absolute atomic E-state index is 0.111. The molecule has 0 saturated carbocycles. The number of amides is 11. The number of unbranched alkanes of at least 4 members (excludes halogenated alkanes) is 1. The molecule has 0 bridgehead atoms. The van der Waals surface area contributed by atoms with E-state index in [-0.39, 0.29) is 19.4 Å². The van der Waals surface area contributed by atoms with Crippen LogP contribution in [0, 0.1) is 17.8 Å². The van der Waals surface area contributed by atoms with Crippen molar-refractivity contribution in [2.45, 2.75) is 179 Å². The van der Waals surface area contributed by atoms with Crippen LogP contribution in [0.2, 0.25) is 0 Å². The molecule has 0 rings (SSSR count). The Morgan fingerprint density at radius 1 is 0.360 bits per heavy atom. The normalized spacial score (nSPS) is 15.3. The van der Waals surface area contributed by atoms with E-state index in [4.69, 9.17) is 21.7 Å². The second kappa shape index (κ2) is 38.3. The summed E-state index contributed by atoms with van der Waals surface area (Å²) in [5.41, 5.74) is 11.1. The van der Waals surface area contributed by atoms with E-state index in [0.717, 1.165) is 13.8 Å². The Kier molecular flexibility index (Phi) is 34.5. The Balaban J connectivity index is 6.18. The summed E-state index contributed by atoms with van der Waals surface area (Å²) >= 11 is 0. The number of aliphatic carboxylic acids is 5. The number of aliphatic hydroxyl groups excluding tert-OH is 2. The first-order chi connectivity index (χ1) is 39.8. The molecule has 0 aliphatic carbocycles. The first-order valence-corrected chi connectivity index (χ1v) is 27.0. The van der Waals surface area contributed by atoms with Crippen molar-refractivity contribution in [1.82, 2.24) is 58.5 Å². The summed E-state index contributed by atoms with van der Waals surface area (Å²) < 4.78 is 0. The third-order valence-electron chi connectivity index (χ3n) is 12.3. The SMILES string of the molecule is CC(C)[C@H](NC(=O)[C@H](CC(=O)O)NC(=O)[C@@H](N)CC(=O)O)C(=O)N[C@H](C(=O)NCC(=O)N[C@@H](CCC(=O)O)C(=O)N[C@H](C(=O)N[C@H](C(=O)NCC(=O)N[C@@H](CCCCN)C(=O)N[C@H](C(=O)N[C@@H](CC(=O)O)C(=O)O)[C@@H](C)O)C(C)C)[C@@H](C)O)C(C)C. The number of nitrogens with two attached hydrogens (primary N) is 2. The molecule has 0 saturated heterocycles. The third-order valence-corrected chi connectivity index (χ3v) is 12.3. The van der Waals surface area contributed by atoms with Gasteiger partial charge in [-0.1, -0.05) is 41.5 Å². The van der Waals surface area contributed by atoms with Gasteiger partial charge in [0.05, 0.1) is 50.6 Å². The molecule has 0 aromatic carbocycles. The van der Waals surface area contributed by atoms with Gasteiger partial charge >= 0.3 is 29.8 Å².